The maximum Gasteiger partial charge on any atom is 0.136 e. The molecule has 1 fully saturated rings. The molecule has 2 heteroatoms. The molecule has 3 rings (SSSR count). The van der Waals surface area contributed by atoms with Crippen molar-refractivity contribution in [2.24, 2.45) is 5.92 Å². The first-order chi connectivity index (χ1) is 10.2. The molecule has 1 aliphatic rings. The fourth-order valence-electron chi connectivity index (χ4n) is 3.24. The Bertz CT molecular complexity index is 603. The lowest BCUT2D eigenvalue weighted by molar-refractivity contribution is -0.124. The van der Waals surface area contributed by atoms with Crippen LogP contribution in [0.3, 0.4) is 0 Å². The van der Waals surface area contributed by atoms with Gasteiger partial charge in [-0.2, -0.15) is 0 Å². The summed E-state index contributed by atoms with van der Waals surface area (Å²) in [5.41, 5.74) is 2.57. The predicted molar refractivity (Wildman–Crippen MR) is 86.7 cm³/mol. The molecule has 0 saturated heterocycles. The van der Waals surface area contributed by atoms with Gasteiger partial charge in [0.1, 0.15) is 5.78 Å². The van der Waals surface area contributed by atoms with E-state index in [0.717, 1.165) is 24.3 Å². The molecule has 1 aliphatic carbocycles. The lowest BCUT2D eigenvalue weighted by Gasteiger charge is -2.28. The van der Waals surface area contributed by atoms with E-state index in [9.17, 15) is 4.79 Å². The Morgan fingerprint density at radius 3 is 2.43 bits per heavy atom. The van der Waals surface area contributed by atoms with Crippen molar-refractivity contribution in [3.05, 3.63) is 70.7 Å². The van der Waals surface area contributed by atoms with Gasteiger partial charge in [-0.05, 0) is 48.4 Å². The molecule has 2 aromatic rings. The Hall–Kier alpha value is -1.60. The minimum atomic E-state index is 0.144. The highest BCUT2D eigenvalue weighted by atomic mass is 35.5. The smallest absolute Gasteiger partial charge is 0.136 e. The van der Waals surface area contributed by atoms with Crippen LogP contribution in [0.15, 0.2) is 54.6 Å². The predicted octanol–water partition coefficient (Wildman–Crippen LogP) is 5.04. The van der Waals surface area contributed by atoms with Gasteiger partial charge in [-0.15, -0.1) is 0 Å². The van der Waals surface area contributed by atoms with E-state index in [1.807, 2.05) is 30.3 Å². The topological polar surface area (TPSA) is 17.1 Å². The molecule has 0 aliphatic heterocycles. The molecule has 108 valence electrons. The zero-order valence-electron chi connectivity index (χ0n) is 12.0. The molecule has 0 radical (unpaired) electrons. The summed E-state index contributed by atoms with van der Waals surface area (Å²) in [5.74, 6) is 1.07. The third-order valence-electron chi connectivity index (χ3n) is 4.43. The molecule has 0 aromatic heterocycles. The maximum absolute atomic E-state index is 12.2. The van der Waals surface area contributed by atoms with Gasteiger partial charge in [0.2, 0.25) is 0 Å². The first kappa shape index (κ1) is 14.3. The van der Waals surface area contributed by atoms with E-state index in [-0.39, 0.29) is 5.92 Å². The summed E-state index contributed by atoms with van der Waals surface area (Å²) < 4.78 is 0. The van der Waals surface area contributed by atoms with Crippen molar-refractivity contribution in [3.63, 3.8) is 0 Å². The summed E-state index contributed by atoms with van der Waals surface area (Å²) >= 11 is 5.92. The van der Waals surface area contributed by atoms with Crippen LogP contribution in [-0.4, -0.2) is 5.78 Å². The normalized spacial score (nSPS) is 22.2. The number of rotatable bonds is 3. The van der Waals surface area contributed by atoms with Crippen molar-refractivity contribution in [2.75, 3.05) is 0 Å². The van der Waals surface area contributed by atoms with Crippen LogP contribution in [0, 0.1) is 5.92 Å². The van der Waals surface area contributed by atoms with Crippen LogP contribution < -0.4 is 0 Å². The van der Waals surface area contributed by atoms with Crippen LogP contribution in [0.1, 0.15) is 36.3 Å². The van der Waals surface area contributed by atoms with Crippen LogP contribution in [0.5, 0.6) is 0 Å². The van der Waals surface area contributed by atoms with Gasteiger partial charge in [-0.1, -0.05) is 54.1 Å². The van der Waals surface area contributed by atoms with Gasteiger partial charge in [0.25, 0.3) is 0 Å². The molecule has 0 N–H and O–H groups in total. The van der Waals surface area contributed by atoms with Crippen molar-refractivity contribution < 1.29 is 4.79 Å². The highest BCUT2D eigenvalue weighted by molar-refractivity contribution is 6.30. The lowest BCUT2D eigenvalue weighted by Crippen LogP contribution is -2.25. The number of Topliss-reactive ketones (excluding diaryl/α,β-unsaturated/α-hetero) is 1. The van der Waals surface area contributed by atoms with Gasteiger partial charge in [0.15, 0.2) is 0 Å². The van der Waals surface area contributed by atoms with Crippen LogP contribution in [0.2, 0.25) is 5.02 Å². The van der Waals surface area contributed by atoms with Crippen LogP contribution in [0.4, 0.5) is 0 Å². The molecule has 1 nitrogen and oxygen atoms in total. The molecule has 0 heterocycles. The maximum atomic E-state index is 12.2. The van der Waals surface area contributed by atoms with Crippen LogP contribution in [0.25, 0.3) is 0 Å². The molecular formula is C19H19ClO. The van der Waals surface area contributed by atoms with Gasteiger partial charge < -0.3 is 0 Å². The van der Waals surface area contributed by atoms with E-state index in [1.54, 1.807) is 0 Å². The number of hydrogen-bond acceptors (Lipinski definition) is 1. The second kappa shape index (κ2) is 6.44. The van der Waals surface area contributed by atoms with Crippen molar-refractivity contribution in [2.45, 2.75) is 31.6 Å². The van der Waals surface area contributed by atoms with Gasteiger partial charge in [0.05, 0.1) is 0 Å². The standard InChI is InChI=1S/C19H19ClO/c20-18-9-6-14(7-10-18)12-17-13-16(8-11-19(17)21)15-4-2-1-3-5-15/h1-7,9-10,16-17H,8,11-13H2. The fraction of sp³-hybridized carbons (Fsp3) is 0.316. The van der Waals surface area contributed by atoms with E-state index in [1.165, 1.54) is 11.1 Å². The average molecular weight is 299 g/mol. The largest absolute Gasteiger partial charge is 0.299 e. The number of ketones is 1. The van der Waals surface area contributed by atoms with Gasteiger partial charge >= 0.3 is 0 Å². The molecule has 0 bridgehead atoms. The minimum Gasteiger partial charge on any atom is -0.299 e. The number of carbonyl (C=O) groups excluding carboxylic acids is 1. The van der Waals surface area contributed by atoms with Crippen molar-refractivity contribution >= 4 is 17.4 Å². The van der Waals surface area contributed by atoms with Crippen molar-refractivity contribution in [3.8, 4) is 0 Å². The van der Waals surface area contributed by atoms with E-state index in [2.05, 4.69) is 24.3 Å². The van der Waals surface area contributed by atoms with Crippen molar-refractivity contribution in [1.29, 1.82) is 0 Å². The van der Waals surface area contributed by atoms with E-state index in [0.29, 0.717) is 18.1 Å². The van der Waals surface area contributed by atoms with E-state index in [4.69, 9.17) is 11.6 Å². The summed E-state index contributed by atoms with van der Waals surface area (Å²) in [6.07, 6.45) is 3.49. The zero-order valence-corrected chi connectivity index (χ0v) is 12.7. The third-order valence-corrected chi connectivity index (χ3v) is 4.68. The van der Waals surface area contributed by atoms with E-state index < -0.39 is 0 Å². The fourth-order valence-corrected chi connectivity index (χ4v) is 3.37. The number of benzene rings is 2. The molecular weight excluding hydrogens is 280 g/mol. The Kier molecular flexibility index (Phi) is 4.40. The van der Waals surface area contributed by atoms with Gasteiger partial charge in [-0.25, -0.2) is 0 Å². The molecule has 2 unspecified atom stereocenters. The second-order valence-electron chi connectivity index (χ2n) is 5.88. The first-order valence-electron chi connectivity index (χ1n) is 7.54. The monoisotopic (exact) mass is 298 g/mol. The first-order valence-corrected chi connectivity index (χ1v) is 7.92. The van der Waals surface area contributed by atoms with Gasteiger partial charge in [-0.3, -0.25) is 4.79 Å². The summed E-state index contributed by atoms with van der Waals surface area (Å²) in [6, 6.07) is 18.4. The molecule has 0 spiro atoms. The second-order valence-corrected chi connectivity index (χ2v) is 6.31. The Morgan fingerprint density at radius 1 is 1.00 bits per heavy atom. The summed E-state index contributed by atoms with van der Waals surface area (Å²) in [7, 11) is 0. The zero-order chi connectivity index (χ0) is 14.7. The molecule has 21 heavy (non-hydrogen) atoms. The lowest BCUT2D eigenvalue weighted by atomic mass is 9.75. The Labute approximate surface area is 131 Å². The summed E-state index contributed by atoms with van der Waals surface area (Å²) in [5, 5.41) is 0.746. The molecule has 0 amide bonds. The summed E-state index contributed by atoms with van der Waals surface area (Å²) in [6.45, 7) is 0. The van der Waals surface area contributed by atoms with Crippen LogP contribution in [-0.2, 0) is 11.2 Å². The quantitative estimate of drug-likeness (QED) is 0.776. The SMILES string of the molecule is O=C1CCC(c2ccccc2)CC1Cc1ccc(Cl)cc1. The highest BCUT2D eigenvalue weighted by Crippen LogP contribution is 2.35. The Balaban J connectivity index is 1.72. The van der Waals surface area contributed by atoms with Gasteiger partial charge in [0, 0.05) is 17.4 Å². The van der Waals surface area contributed by atoms with Crippen molar-refractivity contribution in [1.82, 2.24) is 0 Å². The third kappa shape index (κ3) is 3.54. The molecule has 2 aromatic carbocycles. The molecule has 1 saturated carbocycles. The minimum absolute atomic E-state index is 0.144. The average Bonchev–Trinajstić information content (AvgIpc) is 2.52. The van der Waals surface area contributed by atoms with E-state index >= 15 is 0 Å². The number of hydrogen-bond donors (Lipinski definition) is 0. The van der Waals surface area contributed by atoms with Crippen LogP contribution >= 0.6 is 11.6 Å². The Morgan fingerprint density at radius 2 is 1.71 bits per heavy atom. The summed E-state index contributed by atoms with van der Waals surface area (Å²) in [4.78, 5) is 12.2. The number of halogens is 1. The number of carbonyl (C=O) groups is 1. The highest BCUT2D eigenvalue weighted by Gasteiger charge is 2.29. The molecule has 2 atom stereocenters.